The summed E-state index contributed by atoms with van der Waals surface area (Å²) in [6.45, 7) is 1.04. The lowest BCUT2D eigenvalue weighted by molar-refractivity contribution is 0.605. The molecule has 0 atom stereocenters. The van der Waals surface area contributed by atoms with Gasteiger partial charge in [-0.3, -0.25) is 5.10 Å². The van der Waals surface area contributed by atoms with Crippen LogP contribution in [0.4, 0.5) is 20.3 Å². The van der Waals surface area contributed by atoms with Crippen molar-refractivity contribution in [1.82, 2.24) is 10.2 Å². The molecule has 0 amide bonds. The summed E-state index contributed by atoms with van der Waals surface area (Å²) < 4.78 is 28.3. The Morgan fingerprint density at radius 2 is 2.00 bits per heavy atom. The van der Waals surface area contributed by atoms with E-state index in [9.17, 15) is 8.78 Å². The van der Waals surface area contributed by atoms with E-state index in [1.807, 2.05) is 0 Å². The first-order chi connectivity index (χ1) is 9.08. The molecule has 1 aromatic carbocycles. The molecule has 0 saturated carbocycles. The standard InChI is InChI=1S/C12H13F2N5/c13-7-5-8(19-3-1-6(15)2-4-19)10(14)11-9(7)12(16)18-17-11/h5,15H,1-4H2,(H3,16,17,18). The molecule has 0 spiro atoms. The number of anilines is 2. The Labute approximate surface area is 107 Å². The quantitative estimate of drug-likeness (QED) is 0.738. The Kier molecular flexibility index (Phi) is 2.62. The zero-order valence-corrected chi connectivity index (χ0v) is 10.1. The predicted octanol–water partition coefficient (Wildman–Crippen LogP) is 2.04. The van der Waals surface area contributed by atoms with Crippen molar-refractivity contribution in [3.8, 4) is 0 Å². The first-order valence-corrected chi connectivity index (χ1v) is 6.00. The van der Waals surface area contributed by atoms with E-state index in [4.69, 9.17) is 11.1 Å². The van der Waals surface area contributed by atoms with Gasteiger partial charge in [0.15, 0.2) is 11.6 Å². The zero-order chi connectivity index (χ0) is 13.6. The Morgan fingerprint density at radius 1 is 1.32 bits per heavy atom. The maximum absolute atomic E-state index is 14.4. The highest BCUT2D eigenvalue weighted by Gasteiger charge is 2.22. The van der Waals surface area contributed by atoms with Crippen LogP contribution in [0.2, 0.25) is 0 Å². The van der Waals surface area contributed by atoms with Crippen LogP contribution in [-0.4, -0.2) is 29.0 Å². The third kappa shape index (κ3) is 1.81. The SMILES string of the molecule is N=C1CCN(c2cc(F)c3c(N)n[nH]c3c2F)CC1. The number of nitrogens with two attached hydrogens (primary N) is 1. The summed E-state index contributed by atoms with van der Waals surface area (Å²) in [6, 6.07) is 1.15. The van der Waals surface area contributed by atoms with Gasteiger partial charge >= 0.3 is 0 Å². The van der Waals surface area contributed by atoms with Gasteiger partial charge < -0.3 is 16.0 Å². The third-order valence-electron chi connectivity index (χ3n) is 3.45. The molecule has 0 radical (unpaired) electrons. The van der Waals surface area contributed by atoms with Crippen molar-refractivity contribution in [3.63, 3.8) is 0 Å². The number of nitrogen functional groups attached to an aromatic ring is 1. The Morgan fingerprint density at radius 3 is 2.68 bits per heavy atom. The van der Waals surface area contributed by atoms with Gasteiger partial charge in [-0.2, -0.15) is 5.10 Å². The average molecular weight is 265 g/mol. The number of halogens is 2. The van der Waals surface area contributed by atoms with Gasteiger partial charge in [0.05, 0.1) is 11.1 Å². The lowest BCUT2D eigenvalue weighted by atomic mass is 10.1. The number of piperidine rings is 1. The molecule has 1 saturated heterocycles. The number of rotatable bonds is 1. The molecule has 0 unspecified atom stereocenters. The molecule has 0 aliphatic carbocycles. The van der Waals surface area contributed by atoms with E-state index >= 15 is 0 Å². The number of fused-ring (bicyclic) bond motifs is 1. The van der Waals surface area contributed by atoms with Crippen LogP contribution in [0.1, 0.15) is 12.8 Å². The van der Waals surface area contributed by atoms with E-state index in [1.54, 1.807) is 4.90 Å². The van der Waals surface area contributed by atoms with E-state index in [1.165, 1.54) is 0 Å². The molecular formula is C12H13F2N5. The lowest BCUT2D eigenvalue weighted by Gasteiger charge is -2.29. The van der Waals surface area contributed by atoms with Crippen LogP contribution in [0.3, 0.4) is 0 Å². The number of hydrogen-bond donors (Lipinski definition) is 3. The van der Waals surface area contributed by atoms with Crippen molar-refractivity contribution < 1.29 is 8.78 Å². The van der Waals surface area contributed by atoms with Crippen LogP contribution in [0.5, 0.6) is 0 Å². The zero-order valence-electron chi connectivity index (χ0n) is 10.1. The van der Waals surface area contributed by atoms with E-state index in [0.29, 0.717) is 31.6 Å². The smallest absolute Gasteiger partial charge is 0.172 e. The molecule has 1 aliphatic rings. The van der Waals surface area contributed by atoms with E-state index in [2.05, 4.69) is 10.2 Å². The highest BCUT2D eigenvalue weighted by Crippen LogP contribution is 2.32. The second-order valence-corrected chi connectivity index (χ2v) is 4.64. The summed E-state index contributed by atoms with van der Waals surface area (Å²) in [4.78, 5) is 1.74. The van der Waals surface area contributed by atoms with Crippen molar-refractivity contribution in [1.29, 1.82) is 5.41 Å². The third-order valence-corrected chi connectivity index (χ3v) is 3.45. The van der Waals surface area contributed by atoms with Crippen LogP contribution in [0, 0.1) is 17.0 Å². The molecule has 0 bridgehead atoms. The van der Waals surface area contributed by atoms with Crippen LogP contribution in [0.15, 0.2) is 6.07 Å². The molecular weight excluding hydrogens is 252 g/mol. The summed E-state index contributed by atoms with van der Waals surface area (Å²) in [5, 5.41) is 13.6. The van der Waals surface area contributed by atoms with Crippen molar-refractivity contribution in [2.75, 3.05) is 23.7 Å². The predicted molar refractivity (Wildman–Crippen MR) is 69.6 cm³/mol. The minimum Gasteiger partial charge on any atom is -0.382 e. The summed E-state index contributed by atoms with van der Waals surface area (Å²) >= 11 is 0. The van der Waals surface area contributed by atoms with E-state index in [-0.39, 0.29) is 22.4 Å². The fourth-order valence-corrected chi connectivity index (χ4v) is 2.39. The minimum absolute atomic E-state index is 0.00634. The van der Waals surface area contributed by atoms with Gasteiger partial charge in [-0.15, -0.1) is 0 Å². The van der Waals surface area contributed by atoms with Gasteiger partial charge in [0.1, 0.15) is 11.3 Å². The number of benzene rings is 1. The summed E-state index contributed by atoms with van der Waals surface area (Å²) in [7, 11) is 0. The normalized spacial score (nSPS) is 16.3. The van der Waals surface area contributed by atoms with E-state index < -0.39 is 11.6 Å². The maximum Gasteiger partial charge on any atom is 0.172 e. The fraction of sp³-hybridized carbons (Fsp3) is 0.333. The Balaban J connectivity index is 2.09. The van der Waals surface area contributed by atoms with Gasteiger partial charge in [0, 0.05) is 37.7 Å². The molecule has 1 aromatic heterocycles. The number of hydrogen-bond acceptors (Lipinski definition) is 4. The summed E-state index contributed by atoms with van der Waals surface area (Å²) in [5.41, 5.74) is 6.33. The van der Waals surface area contributed by atoms with Crippen LogP contribution < -0.4 is 10.6 Å². The molecule has 7 heteroatoms. The van der Waals surface area contributed by atoms with E-state index in [0.717, 1.165) is 6.07 Å². The summed E-state index contributed by atoms with van der Waals surface area (Å²) in [5.74, 6) is -1.18. The summed E-state index contributed by atoms with van der Waals surface area (Å²) in [6.07, 6.45) is 1.15. The van der Waals surface area contributed by atoms with Crippen LogP contribution in [-0.2, 0) is 0 Å². The minimum atomic E-state index is -0.585. The molecule has 5 nitrogen and oxygen atoms in total. The molecule has 1 fully saturated rings. The van der Waals surface area contributed by atoms with Crippen molar-refractivity contribution in [2.24, 2.45) is 0 Å². The average Bonchev–Trinajstić information content (AvgIpc) is 2.78. The first kappa shape index (κ1) is 11.9. The van der Waals surface area contributed by atoms with Crippen LogP contribution in [0.25, 0.3) is 10.9 Å². The van der Waals surface area contributed by atoms with Gasteiger partial charge in [-0.25, -0.2) is 8.78 Å². The lowest BCUT2D eigenvalue weighted by Crippen LogP contribution is -2.34. The molecule has 1 aliphatic heterocycles. The molecule has 4 N–H and O–H groups in total. The van der Waals surface area contributed by atoms with Crippen molar-refractivity contribution in [3.05, 3.63) is 17.7 Å². The Bertz CT molecular complexity index is 654. The molecule has 100 valence electrons. The number of aromatic nitrogens is 2. The monoisotopic (exact) mass is 265 g/mol. The first-order valence-electron chi connectivity index (χ1n) is 6.00. The number of nitrogens with one attached hydrogen (secondary N) is 2. The van der Waals surface area contributed by atoms with Gasteiger partial charge in [-0.05, 0) is 0 Å². The highest BCUT2D eigenvalue weighted by molar-refractivity contribution is 5.92. The second kappa shape index (κ2) is 4.18. The number of aromatic amines is 1. The van der Waals surface area contributed by atoms with Crippen molar-refractivity contribution in [2.45, 2.75) is 12.8 Å². The molecule has 2 aromatic rings. The topological polar surface area (TPSA) is 81.8 Å². The van der Waals surface area contributed by atoms with Gasteiger partial charge in [0.2, 0.25) is 0 Å². The fourth-order valence-electron chi connectivity index (χ4n) is 2.39. The second-order valence-electron chi connectivity index (χ2n) is 4.64. The molecule has 2 heterocycles. The molecule has 19 heavy (non-hydrogen) atoms. The number of H-pyrrole nitrogens is 1. The number of nitrogens with zero attached hydrogens (tertiary/aromatic N) is 2. The largest absolute Gasteiger partial charge is 0.382 e. The Hall–Kier alpha value is -2.18. The van der Waals surface area contributed by atoms with Crippen molar-refractivity contribution >= 4 is 28.1 Å². The molecule has 3 rings (SSSR count). The van der Waals surface area contributed by atoms with Gasteiger partial charge in [0.25, 0.3) is 0 Å². The maximum atomic E-state index is 14.4. The highest BCUT2D eigenvalue weighted by atomic mass is 19.1. The van der Waals surface area contributed by atoms with Crippen LogP contribution >= 0.6 is 0 Å². The van der Waals surface area contributed by atoms with Gasteiger partial charge in [-0.1, -0.05) is 0 Å².